The van der Waals surface area contributed by atoms with Crippen molar-refractivity contribution in [3.05, 3.63) is 59.5 Å². The highest BCUT2D eigenvalue weighted by atomic mass is 19.1. The number of halogens is 1. The van der Waals surface area contributed by atoms with Crippen molar-refractivity contribution in [2.24, 2.45) is 0 Å². The number of aromatic nitrogens is 1. The molecule has 146 valence electrons. The van der Waals surface area contributed by atoms with Crippen molar-refractivity contribution in [3.8, 4) is 11.5 Å². The first-order valence-corrected chi connectivity index (χ1v) is 9.38. The Hall–Kier alpha value is -3.02. The lowest BCUT2D eigenvalue weighted by atomic mass is 9.89. The number of nitrogens with one attached hydrogen (secondary N) is 1. The van der Waals surface area contributed by atoms with Crippen molar-refractivity contribution in [2.75, 3.05) is 27.3 Å². The molecule has 6 heteroatoms. The molecule has 1 aliphatic heterocycles. The number of H-pyrrole nitrogens is 1. The quantitative estimate of drug-likeness (QED) is 0.730. The van der Waals surface area contributed by atoms with Gasteiger partial charge in [0.05, 0.1) is 14.2 Å². The van der Waals surface area contributed by atoms with Crippen LogP contribution in [0.1, 0.15) is 34.7 Å². The average Bonchev–Trinajstić information content (AvgIpc) is 3.15. The van der Waals surface area contributed by atoms with Crippen molar-refractivity contribution in [2.45, 2.75) is 18.8 Å². The highest BCUT2D eigenvalue weighted by Crippen LogP contribution is 2.34. The van der Waals surface area contributed by atoms with E-state index in [0.717, 1.165) is 29.3 Å². The standard InChI is InChI=1S/C22H23FN2O3/c1-27-20-6-3-15(11-21(20)28-2)22(26)25-9-7-14(8-10-25)18-13-24-19-5-4-16(23)12-17(18)19/h3-6,11-14,24H,7-10H2,1-2H3. The molecular formula is C22H23FN2O3. The molecule has 1 saturated heterocycles. The summed E-state index contributed by atoms with van der Waals surface area (Å²) in [6.45, 7) is 1.33. The van der Waals surface area contributed by atoms with Crippen LogP contribution in [0.2, 0.25) is 0 Å². The van der Waals surface area contributed by atoms with E-state index < -0.39 is 0 Å². The Balaban J connectivity index is 1.48. The molecule has 0 saturated carbocycles. The third-order valence-corrected chi connectivity index (χ3v) is 5.53. The molecule has 0 unspecified atom stereocenters. The molecule has 3 aromatic rings. The minimum atomic E-state index is -0.227. The number of piperidine rings is 1. The fraction of sp³-hybridized carbons (Fsp3) is 0.318. The molecular weight excluding hydrogens is 359 g/mol. The molecule has 1 amide bonds. The number of rotatable bonds is 4. The minimum Gasteiger partial charge on any atom is -0.493 e. The minimum absolute atomic E-state index is 0.00984. The number of hydrogen-bond donors (Lipinski definition) is 1. The average molecular weight is 382 g/mol. The SMILES string of the molecule is COc1ccc(C(=O)N2CCC(c3c[nH]c4ccc(F)cc34)CC2)cc1OC. The first-order valence-electron chi connectivity index (χ1n) is 9.38. The molecule has 1 aromatic heterocycles. The molecule has 0 atom stereocenters. The van der Waals surface area contributed by atoms with Gasteiger partial charge in [-0.25, -0.2) is 4.39 Å². The van der Waals surface area contributed by atoms with Crippen LogP contribution in [-0.2, 0) is 0 Å². The molecule has 0 radical (unpaired) electrons. The summed E-state index contributed by atoms with van der Waals surface area (Å²) < 4.78 is 24.2. The summed E-state index contributed by atoms with van der Waals surface area (Å²) >= 11 is 0. The van der Waals surface area contributed by atoms with Gasteiger partial charge < -0.3 is 19.4 Å². The monoisotopic (exact) mass is 382 g/mol. The lowest BCUT2D eigenvalue weighted by Crippen LogP contribution is -2.37. The third kappa shape index (κ3) is 3.30. The second-order valence-corrected chi connectivity index (χ2v) is 7.07. The van der Waals surface area contributed by atoms with Crippen molar-refractivity contribution in [1.29, 1.82) is 0 Å². The first-order chi connectivity index (χ1) is 13.6. The van der Waals surface area contributed by atoms with Crippen molar-refractivity contribution >= 4 is 16.8 Å². The number of carbonyl (C=O) groups excluding carboxylic acids is 1. The Morgan fingerprint density at radius 2 is 1.82 bits per heavy atom. The normalized spacial score (nSPS) is 15.0. The summed E-state index contributed by atoms with van der Waals surface area (Å²) in [5, 5.41) is 0.935. The number of likely N-dealkylation sites (tertiary alicyclic amines) is 1. The Bertz CT molecular complexity index is 1010. The van der Waals surface area contributed by atoms with Gasteiger partial charge in [-0.1, -0.05) is 0 Å². The van der Waals surface area contributed by atoms with Crippen LogP contribution in [0.25, 0.3) is 10.9 Å². The van der Waals surface area contributed by atoms with Crippen molar-refractivity contribution in [3.63, 3.8) is 0 Å². The van der Waals surface area contributed by atoms with Crippen LogP contribution >= 0.6 is 0 Å². The van der Waals surface area contributed by atoms with E-state index in [1.165, 1.54) is 6.07 Å². The highest BCUT2D eigenvalue weighted by molar-refractivity contribution is 5.95. The number of methoxy groups -OCH3 is 2. The van der Waals surface area contributed by atoms with Gasteiger partial charge in [-0.05, 0) is 60.7 Å². The van der Waals surface area contributed by atoms with Crippen LogP contribution in [0.15, 0.2) is 42.6 Å². The number of hydrogen-bond acceptors (Lipinski definition) is 3. The van der Waals surface area contributed by atoms with Crippen LogP contribution < -0.4 is 9.47 Å². The molecule has 0 bridgehead atoms. The van der Waals surface area contributed by atoms with E-state index in [1.54, 1.807) is 44.6 Å². The molecule has 28 heavy (non-hydrogen) atoms. The van der Waals surface area contributed by atoms with E-state index >= 15 is 0 Å². The summed E-state index contributed by atoms with van der Waals surface area (Å²) in [6.07, 6.45) is 3.67. The predicted octanol–water partition coefficient (Wildman–Crippen LogP) is 4.34. The van der Waals surface area contributed by atoms with Gasteiger partial charge in [0.15, 0.2) is 11.5 Å². The van der Waals surface area contributed by atoms with E-state index in [9.17, 15) is 9.18 Å². The van der Waals surface area contributed by atoms with Crippen LogP contribution in [0.4, 0.5) is 4.39 Å². The van der Waals surface area contributed by atoms with Gasteiger partial charge in [-0.3, -0.25) is 4.79 Å². The largest absolute Gasteiger partial charge is 0.493 e. The van der Waals surface area contributed by atoms with E-state index in [-0.39, 0.29) is 11.7 Å². The fourth-order valence-corrected chi connectivity index (χ4v) is 4.00. The molecule has 2 aromatic carbocycles. The van der Waals surface area contributed by atoms with Gasteiger partial charge in [-0.15, -0.1) is 0 Å². The molecule has 1 fully saturated rings. The van der Waals surface area contributed by atoms with Gasteiger partial charge in [0, 0.05) is 35.8 Å². The summed E-state index contributed by atoms with van der Waals surface area (Å²) in [5.41, 5.74) is 2.67. The van der Waals surface area contributed by atoms with Gasteiger partial charge in [0.2, 0.25) is 0 Å². The smallest absolute Gasteiger partial charge is 0.253 e. The van der Waals surface area contributed by atoms with Gasteiger partial charge in [0.1, 0.15) is 5.82 Å². The number of nitrogens with zero attached hydrogens (tertiary/aromatic N) is 1. The number of aromatic amines is 1. The van der Waals surface area contributed by atoms with E-state index in [4.69, 9.17) is 9.47 Å². The fourth-order valence-electron chi connectivity index (χ4n) is 4.00. The van der Waals surface area contributed by atoms with Gasteiger partial charge >= 0.3 is 0 Å². The van der Waals surface area contributed by atoms with Gasteiger partial charge in [0.25, 0.3) is 5.91 Å². The molecule has 0 spiro atoms. The Labute approximate surface area is 163 Å². The second kappa shape index (κ2) is 7.54. The predicted molar refractivity (Wildman–Crippen MR) is 106 cm³/mol. The molecule has 5 nitrogen and oxygen atoms in total. The first kappa shape index (κ1) is 18.3. The summed E-state index contributed by atoms with van der Waals surface area (Å²) in [6, 6.07) is 10.0. The van der Waals surface area contributed by atoms with E-state index in [1.807, 2.05) is 11.1 Å². The zero-order valence-electron chi connectivity index (χ0n) is 16.0. The van der Waals surface area contributed by atoms with E-state index in [0.29, 0.717) is 36.1 Å². The topological polar surface area (TPSA) is 54.6 Å². The number of ether oxygens (including phenoxy) is 2. The lowest BCUT2D eigenvalue weighted by molar-refractivity contribution is 0.0713. The Kier molecular flexibility index (Phi) is 4.94. The van der Waals surface area contributed by atoms with Crippen LogP contribution in [-0.4, -0.2) is 43.1 Å². The van der Waals surface area contributed by atoms with Crippen LogP contribution in [0.5, 0.6) is 11.5 Å². The van der Waals surface area contributed by atoms with E-state index in [2.05, 4.69) is 4.98 Å². The third-order valence-electron chi connectivity index (χ3n) is 5.53. The van der Waals surface area contributed by atoms with Crippen LogP contribution in [0, 0.1) is 5.82 Å². The van der Waals surface area contributed by atoms with Crippen molar-refractivity contribution in [1.82, 2.24) is 9.88 Å². The van der Waals surface area contributed by atoms with Crippen molar-refractivity contribution < 1.29 is 18.7 Å². The van der Waals surface area contributed by atoms with Crippen LogP contribution in [0.3, 0.4) is 0 Å². The number of amides is 1. The Morgan fingerprint density at radius 1 is 1.07 bits per heavy atom. The zero-order valence-corrected chi connectivity index (χ0v) is 16.0. The molecule has 1 N–H and O–H groups in total. The molecule has 4 rings (SSSR count). The Morgan fingerprint density at radius 3 is 2.54 bits per heavy atom. The number of benzene rings is 2. The summed E-state index contributed by atoms with van der Waals surface area (Å²) in [4.78, 5) is 18.0. The number of fused-ring (bicyclic) bond motifs is 1. The maximum absolute atomic E-state index is 13.6. The maximum Gasteiger partial charge on any atom is 0.253 e. The molecule has 0 aliphatic carbocycles. The lowest BCUT2D eigenvalue weighted by Gasteiger charge is -2.32. The molecule has 2 heterocycles. The summed E-state index contributed by atoms with van der Waals surface area (Å²) in [7, 11) is 3.13. The molecule has 1 aliphatic rings. The summed E-state index contributed by atoms with van der Waals surface area (Å²) in [5.74, 6) is 1.22. The maximum atomic E-state index is 13.6. The second-order valence-electron chi connectivity index (χ2n) is 7.07. The zero-order chi connectivity index (χ0) is 19.7. The van der Waals surface area contributed by atoms with Gasteiger partial charge in [-0.2, -0.15) is 0 Å². The number of carbonyl (C=O) groups is 1. The highest BCUT2D eigenvalue weighted by Gasteiger charge is 2.26.